The highest BCUT2D eigenvalue weighted by Crippen LogP contribution is 2.36. The first kappa shape index (κ1) is 11.6. The Balaban J connectivity index is 3.39. The molecule has 0 aliphatic rings. The molecule has 0 spiro atoms. The number of nitrogen functional groups attached to an aromatic ring is 1. The first-order valence-electron chi connectivity index (χ1n) is 3.69. The van der Waals surface area contributed by atoms with Crippen LogP contribution in [0.3, 0.4) is 0 Å². The van der Waals surface area contributed by atoms with Crippen molar-refractivity contribution < 1.29 is 18.0 Å². The van der Waals surface area contributed by atoms with E-state index in [1.54, 1.807) is 0 Å². The lowest BCUT2D eigenvalue weighted by Gasteiger charge is -2.11. The number of hydrogen-bond donors (Lipinski definition) is 2. The minimum absolute atomic E-state index is 0.234. The van der Waals surface area contributed by atoms with E-state index in [9.17, 15) is 18.0 Å². The van der Waals surface area contributed by atoms with Crippen LogP contribution in [0.1, 0.15) is 15.9 Å². The van der Waals surface area contributed by atoms with Crippen molar-refractivity contribution in [2.45, 2.75) is 6.18 Å². The van der Waals surface area contributed by atoms with Crippen molar-refractivity contribution in [3.63, 3.8) is 0 Å². The number of primary amides is 1. The van der Waals surface area contributed by atoms with E-state index in [0.29, 0.717) is 6.07 Å². The van der Waals surface area contributed by atoms with Crippen molar-refractivity contribution >= 4 is 23.2 Å². The highest BCUT2D eigenvalue weighted by Gasteiger charge is 2.34. The molecule has 0 radical (unpaired) electrons. The van der Waals surface area contributed by atoms with Crippen LogP contribution in [0.15, 0.2) is 12.1 Å². The van der Waals surface area contributed by atoms with Crippen LogP contribution in [-0.4, -0.2) is 5.91 Å². The van der Waals surface area contributed by atoms with Crippen LogP contribution in [0.25, 0.3) is 0 Å². The van der Waals surface area contributed by atoms with E-state index in [0.717, 1.165) is 6.07 Å². The summed E-state index contributed by atoms with van der Waals surface area (Å²) in [5.41, 5.74) is 8.11. The fraction of sp³-hybridized carbons (Fsp3) is 0.125. The summed E-state index contributed by atoms with van der Waals surface area (Å²) in [6, 6.07) is 1.39. The second-order valence-electron chi connectivity index (χ2n) is 2.78. The quantitative estimate of drug-likeness (QED) is 0.735. The summed E-state index contributed by atoms with van der Waals surface area (Å²) < 4.78 is 36.9. The molecule has 1 amide bonds. The van der Waals surface area contributed by atoms with Crippen molar-refractivity contribution in [3.05, 3.63) is 28.3 Å². The molecule has 0 saturated heterocycles. The Morgan fingerprint density at radius 2 is 1.87 bits per heavy atom. The molecule has 0 heterocycles. The van der Waals surface area contributed by atoms with Crippen LogP contribution in [-0.2, 0) is 6.18 Å². The number of benzene rings is 1. The Kier molecular flexibility index (Phi) is 2.81. The zero-order chi connectivity index (χ0) is 11.8. The van der Waals surface area contributed by atoms with Gasteiger partial charge in [0.1, 0.15) is 0 Å². The number of anilines is 1. The lowest BCUT2D eigenvalue weighted by Crippen LogP contribution is -2.15. The summed E-state index contributed by atoms with van der Waals surface area (Å²) in [6.45, 7) is 0. The minimum Gasteiger partial charge on any atom is -0.398 e. The molecule has 1 aromatic carbocycles. The predicted octanol–water partition coefficient (Wildman–Crippen LogP) is 2.04. The van der Waals surface area contributed by atoms with Gasteiger partial charge in [-0.1, -0.05) is 11.6 Å². The van der Waals surface area contributed by atoms with E-state index < -0.39 is 23.3 Å². The van der Waals surface area contributed by atoms with E-state index in [1.165, 1.54) is 0 Å². The lowest BCUT2D eigenvalue weighted by atomic mass is 10.1. The Labute approximate surface area is 87.8 Å². The number of alkyl halides is 3. The van der Waals surface area contributed by atoms with Crippen molar-refractivity contribution in [1.29, 1.82) is 0 Å². The Hall–Kier alpha value is -1.43. The molecular formula is C8H6ClF3N2O. The number of amides is 1. The molecule has 0 aromatic heterocycles. The first-order valence-corrected chi connectivity index (χ1v) is 4.07. The molecule has 7 heteroatoms. The monoisotopic (exact) mass is 238 g/mol. The van der Waals surface area contributed by atoms with Gasteiger partial charge in [-0.2, -0.15) is 13.2 Å². The zero-order valence-electron chi connectivity index (χ0n) is 7.23. The van der Waals surface area contributed by atoms with E-state index in [-0.39, 0.29) is 10.6 Å². The number of carbonyl (C=O) groups excluding carboxylic acids is 1. The van der Waals surface area contributed by atoms with Crippen LogP contribution in [0.4, 0.5) is 18.9 Å². The SMILES string of the molecule is NC(=O)c1cc(N)c(C(F)(F)F)cc1Cl. The van der Waals surface area contributed by atoms with Gasteiger partial charge in [0, 0.05) is 5.69 Å². The van der Waals surface area contributed by atoms with E-state index >= 15 is 0 Å². The van der Waals surface area contributed by atoms with Crippen molar-refractivity contribution in [2.24, 2.45) is 5.73 Å². The van der Waals surface area contributed by atoms with Gasteiger partial charge in [-0.3, -0.25) is 4.79 Å². The summed E-state index contributed by atoms with van der Waals surface area (Å²) >= 11 is 5.45. The Morgan fingerprint density at radius 1 is 1.33 bits per heavy atom. The largest absolute Gasteiger partial charge is 0.418 e. The van der Waals surface area contributed by atoms with Crippen molar-refractivity contribution in [3.8, 4) is 0 Å². The molecule has 3 nitrogen and oxygen atoms in total. The Morgan fingerprint density at radius 3 is 2.27 bits per heavy atom. The highest BCUT2D eigenvalue weighted by atomic mass is 35.5. The fourth-order valence-electron chi connectivity index (χ4n) is 1.02. The molecule has 0 bridgehead atoms. The van der Waals surface area contributed by atoms with Gasteiger partial charge in [-0.15, -0.1) is 0 Å². The minimum atomic E-state index is -4.61. The maximum Gasteiger partial charge on any atom is 0.418 e. The zero-order valence-corrected chi connectivity index (χ0v) is 7.99. The van der Waals surface area contributed by atoms with Crippen LogP contribution in [0.5, 0.6) is 0 Å². The standard InChI is InChI=1S/C8H6ClF3N2O/c9-5-2-4(8(10,11)12)6(13)1-3(5)7(14)15/h1-2H,13H2,(H2,14,15). The number of hydrogen-bond acceptors (Lipinski definition) is 2. The summed E-state index contributed by atoms with van der Waals surface area (Å²) in [5, 5.41) is -0.371. The molecule has 1 rings (SSSR count). The summed E-state index contributed by atoms with van der Waals surface area (Å²) in [6.07, 6.45) is -4.61. The Bertz CT molecular complexity index is 417. The maximum atomic E-state index is 12.3. The molecule has 0 saturated carbocycles. The third-order valence-electron chi connectivity index (χ3n) is 1.71. The normalized spacial score (nSPS) is 11.5. The van der Waals surface area contributed by atoms with Gasteiger partial charge in [0.15, 0.2) is 0 Å². The summed E-state index contributed by atoms with van der Waals surface area (Å²) in [7, 11) is 0. The summed E-state index contributed by atoms with van der Waals surface area (Å²) in [4.78, 5) is 10.7. The van der Waals surface area contributed by atoms with Gasteiger partial charge in [0.25, 0.3) is 0 Å². The summed E-state index contributed by atoms with van der Waals surface area (Å²) in [5.74, 6) is -0.930. The maximum absolute atomic E-state index is 12.3. The van der Waals surface area contributed by atoms with Crippen LogP contribution < -0.4 is 11.5 Å². The molecular weight excluding hydrogens is 233 g/mol. The molecule has 0 aliphatic heterocycles. The third-order valence-corrected chi connectivity index (χ3v) is 2.02. The van der Waals surface area contributed by atoms with Gasteiger partial charge in [0.05, 0.1) is 16.1 Å². The highest BCUT2D eigenvalue weighted by molar-refractivity contribution is 6.34. The molecule has 0 atom stereocenters. The average Bonchev–Trinajstić information content (AvgIpc) is 2.06. The van der Waals surface area contributed by atoms with Gasteiger partial charge in [-0.05, 0) is 12.1 Å². The number of halogens is 4. The molecule has 0 aliphatic carbocycles. The van der Waals surface area contributed by atoms with Crippen LogP contribution >= 0.6 is 11.6 Å². The number of rotatable bonds is 1. The van der Waals surface area contributed by atoms with Crippen molar-refractivity contribution in [2.75, 3.05) is 5.73 Å². The number of nitrogens with two attached hydrogens (primary N) is 2. The van der Waals surface area contributed by atoms with Gasteiger partial charge >= 0.3 is 6.18 Å². The molecule has 0 fully saturated rings. The fourth-order valence-corrected chi connectivity index (χ4v) is 1.28. The first-order chi connectivity index (χ1) is 6.73. The molecule has 0 unspecified atom stereocenters. The second kappa shape index (κ2) is 3.62. The average molecular weight is 239 g/mol. The second-order valence-corrected chi connectivity index (χ2v) is 3.19. The van der Waals surface area contributed by atoms with E-state index in [4.69, 9.17) is 23.1 Å². The predicted molar refractivity (Wildman–Crippen MR) is 49.4 cm³/mol. The van der Waals surface area contributed by atoms with E-state index in [1.807, 2.05) is 0 Å². The topological polar surface area (TPSA) is 69.1 Å². The molecule has 1 aromatic rings. The van der Waals surface area contributed by atoms with Crippen LogP contribution in [0, 0.1) is 0 Å². The van der Waals surface area contributed by atoms with E-state index in [2.05, 4.69) is 0 Å². The van der Waals surface area contributed by atoms with Gasteiger partial charge < -0.3 is 11.5 Å². The molecule has 15 heavy (non-hydrogen) atoms. The van der Waals surface area contributed by atoms with Gasteiger partial charge in [-0.25, -0.2) is 0 Å². The molecule has 4 N–H and O–H groups in total. The molecule has 82 valence electrons. The third kappa shape index (κ3) is 2.33. The van der Waals surface area contributed by atoms with Gasteiger partial charge in [0.2, 0.25) is 5.91 Å². The van der Waals surface area contributed by atoms with Crippen molar-refractivity contribution in [1.82, 2.24) is 0 Å². The smallest absolute Gasteiger partial charge is 0.398 e. The number of carbonyl (C=O) groups is 1. The lowest BCUT2D eigenvalue weighted by molar-refractivity contribution is -0.136. The van der Waals surface area contributed by atoms with Crippen LogP contribution in [0.2, 0.25) is 5.02 Å².